The molecule has 0 aromatic carbocycles. The number of hydrogen-bond donors (Lipinski definition) is 1. The van der Waals surface area contributed by atoms with E-state index < -0.39 is 6.04 Å². The van der Waals surface area contributed by atoms with Gasteiger partial charge in [-0.05, 0) is 29.6 Å². The van der Waals surface area contributed by atoms with Gasteiger partial charge in [0.25, 0.3) is 0 Å². The molecule has 0 aliphatic rings. The van der Waals surface area contributed by atoms with Crippen molar-refractivity contribution in [2.75, 3.05) is 6.61 Å². The quantitative estimate of drug-likeness (QED) is 0.434. The van der Waals surface area contributed by atoms with Crippen LogP contribution in [0.1, 0.15) is 17.2 Å². The second-order valence-electron chi connectivity index (χ2n) is 2.64. The molecule has 0 radical (unpaired) electrons. The van der Waals surface area contributed by atoms with Gasteiger partial charge in [0.2, 0.25) is 0 Å². The Kier molecular flexibility index (Phi) is 3.25. The average Bonchev–Trinajstić information content (AvgIpc) is 2.16. The minimum atomic E-state index is -0.506. The molecule has 0 saturated carbocycles. The Morgan fingerprint density at radius 3 is 3.08 bits per heavy atom. The first-order chi connectivity index (χ1) is 6.29. The molecule has 0 amide bonds. The summed E-state index contributed by atoms with van der Waals surface area (Å²) in [5.74, 6) is 0. The summed E-state index contributed by atoms with van der Waals surface area (Å²) < 4.78 is 0. The number of aliphatic hydroxyl groups is 1. The minimum absolute atomic E-state index is 0.186. The van der Waals surface area contributed by atoms with Gasteiger partial charge in [0, 0.05) is 17.3 Å². The van der Waals surface area contributed by atoms with Crippen molar-refractivity contribution in [3.8, 4) is 0 Å². The Morgan fingerprint density at radius 1 is 1.77 bits per heavy atom. The van der Waals surface area contributed by atoms with E-state index in [-0.39, 0.29) is 6.61 Å². The lowest BCUT2D eigenvalue weighted by Crippen LogP contribution is -2.02. The van der Waals surface area contributed by atoms with E-state index in [9.17, 15) is 0 Å². The van der Waals surface area contributed by atoms with Gasteiger partial charge >= 0.3 is 0 Å². The summed E-state index contributed by atoms with van der Waals surface area (Å²) in [4.78, 5) is 6.57. The zero-order valence-electron chi connectivity index (χ0n) is 7.25. The molecule has 0 spiro atoms. The molecule has 68 valence electrons. The topological polar surface area (TPSA) is 81.9 Å². The van der Waals surface area contributed by atoms with Crippen LogP contribution < -0.4 is 0 Å². The van der Waals surface area contributed by atoms with Gasteiger partial charge in [0.15, 0.2) is 0 Å². The Labute approximate surface area is 75.7 Å². The molecule has 5 heteroatoms. The van der Waals surface area contributed by atoms with Crippen LogP contribution in [-0.2, 0) is 0 Å². The van der Waals surface area contributed by atoms with Crippen molar-refractivity contribution in [2.45, 2.75) is 13.0 Å². The summed E-state index contributed by atoms with van der Waals surface area (Å²) in [5.41, 5.74) is 9.98. The molecule has 1 rings (SSSR count). The standard InChI is InChI=1S/C8H10N4O/c1-6-4-10-3-2-7(6)8(5-13)11-12-9/h2-4,8,13H,5H2,1H3. The molecule has 5 nitrogen and oxygen atoms in total. The molecule has 0 aliphatic heterocycles. The van der Waals surface area contributed by atoms with E-state index in [1.54, 1.807) is 18.5 Å². The van der Waals surface area contributed by atoms with Crippen molar-refractivity contribution < 1.29 is 5.11 Å². The van der Waals surface area contributed by atoms with Crippen molar-refractivity contribution in [2.24, 2.45) is 5.11 Å². The summed E-state index contributed by atoms with van der Waals surface area (Å²) in [7, 11) is 0. The molecule has 1 atom stereocenters. The van der Waals surface area contributed by atoms with Gasteiger partial charge in [-0.2, -0.15) is 0 Å². The monoisotopic (exact) mass is 178 g/mol. The Morgan fingerprint density at radius 2 is 2.54 bits per heavy atom. The molecule has 0 aliphatic carbocycles. The highest BCUT2D eigenvalue weighted by molar-refractivity contribution is 5.25. The average molecular weight is 178 g/mol. The Balaban J connectivity index is 3.04. The van der Waals surface area contributed by atoms with Crippen LogP contribution in [0.25, 0.3) is 10.4 Å². The van der Waals surface area contributed by atoms with Crippen LogP contribution in [0.2, 0.25) is 0 Å². The largest absolute Gasteiger partial charge is 0.396 e. The molecular weight excluding hydrogens is 168 g/mol. The third kappa shape index (κ3) is 2.18. The zero-order valence-corrected chi connectivity index (χ0v) is 7.25. The summed E-state index contributed by atoms with van der Waals surface area (Å²) in [6.45, 7) is 1.67. The van der Waals surface area contributed by atoms with Crippen LogP contribution >= 0.6 is 0 Å². The van der Waals surface area contributed by atoms with Gasteiger partial charge in [-0.1, -0.05) is 5.11 Å². The number of hydrogen-bond acceptors (Lipinski definition) is 3. The van der Waals surface area contributed by atoms with Crippen molar-refractivity contribution in [1.29, 1.82) is 0 Å². The summed E-state index contributed by atoms with van der Waals surface area (Å²) >= 11 is 0. The first-order valence-corrected chi connectivity index (χ1v) is 3.85. The molecule has 0 bridgehead atoms. The van der Waals surface area contributed by atoms with Crippen LogP contribution in [0.5, 0.6) is 0 Å². The molecular formula is C8H10N4O. The van der Waals surface area contributed by atoms with Crippen LogP contribution in [0.4, 0.5) is 0 Å². The number of aliphatic hydroxyl groups excluding tert-OH is 1. The van der Waals surface area contributed by atoms with Gasteiger partial charge in [-0.3, -0.25) is 4.98 Å². The first kappa shape index (κ1) is 9.51. The molecule has 1 N–H and O–H groups in total. The van der Waals surface area contributed by atoms with Gasteiger partial charge in [0.1, 0.15) is 0 Å². The Bertz CT molecular complexity index is 333. The van der Waals surface area contributed by atoms with E-state index in [1.807, 2.05) is 6.92 Å². The highest BCUT2D eigenvalue weighted by Gasteiger charge is 2.09. The van der Waals surface area contributed by atoms with E-state index in [0.717, 1.165) is 11.1 Å². The predicted octanol–water partition coefficient (Wildman–Crippen LogP) is 1.73. The van der Waals surface area contributed by atoms with Gasteiger partial charge in [0.05, 0.1) is 12.6 Å². The van der Waals surface area contributed by atoms with E-state index in [4.69, 9.17) is 10.6 Å². The second kappa shape index (κ2) is 4.45. The van der Waals surface area contributed by atoms with E-state index in [2.05, 4.69) is 15.0 Å². The molecule has 0 fully saturated rings. The summed E-state index contributed by atoms with van der Waals surface area (Å²) in [6.07, 6.45) is 3.28. The number of aromatic nitrogens is 1. The van der Waals surface area contributed by atoms with E-state index in [1.165, 1.54) is 0 Å². The maximum atomic E-state index is 8.95. The van der Waals surface area contributed by atoms with E-state index >= 15 is 0 Å². The van der Waals surface area contributed by atoms with E-state index in [0.29, 0.717) is 0 Å². The third-order valence-electron chi connectivity index (χ3n) is 1.79. The van der Waals surface area contributed by atoms with Gasteiger partial charge < -0.3 is 5.11 Å². The number of aryl methyl sites for hydroxylation is 1. The first-order valence-electron chi connectivity index (χ1n) is 3.85. The molecule has 1 unspecified atom stereocenters. The lowest BCUT2D eigenvalue weighted by atomic mass is 10.1. The SMILES string of the molecule is Cc1cnccc1C(CO)N=[N+]=[N-]. The predicted molar refractivity (Wildman–Crippen MR) is 47.9 cm³/mol. The lowest BCUT2D eigenvalue weighted by Gasteiger charge is -2.09. The van der Waals surface area contributed by atoms with Gasteiger partial charge in [-0.25, -0.2) is 0 Å². The number of pyridine rings is 1. The Hall–Kier alpha value is -1.58. The maximum absolute atomic E-state index is 8.95. The summed E-state index contributed by atoms with van der Waals surface area (Å²) in [5, 5.41) is 12.4. The second-order valence-corrected chi connectivity index (χ2v) is 2.64. The molecule has 1 aromatic heterocycles. The smallest absolute Gasteiger partial charge is 0.0860 e. The van der Waals surface area contributed by atoms with Crippen LogP contribution in [0, 0.1) is 6.92 Å². The zero-order chi connectivity index (χ0) is 9.68. The number of rotatable bonds is 3. The van der Waals surface area contributed by atoms with Crippen LogP contribution in [0.3, 0.4) is 0 Å². The van der Waals surface area contributed by atoms with Crippen molar-refractivity contribution in [1.82, 2.24) is 4.98 Å². The fraction of sp³-hybridized carbons (Fsp3) is 0.375. The van der Waals surface area contributed by atoms with Crippen molar-refractivity contribution in [3.63, 3.8) is 0 Å². The van der Waals surface area contributed by atoms with Crippen LogP contribution in [-0.4, -0.2) is 16.7 Å². The number of nitrogens with zero attached hydrogens (tertiary/aromatic N) is 4. The maximum Gasteiger partial charge on any atom is 0.0860 e. The molecule has 13 heavy (non-hydrogen) atoms. The summed E-state index contributed by atoms with van der Waals surface area (Å²) in [6, 6.07) is 1.23. The van der Waals surface area contributed by atoms with Crippen LogP contribution in [0.15, 0.2) is 23.6 Å². The van der Waals surface area contributed by atoms with Crippen molar-refractivity contribution >= 4 is 0 Å². The third-order valence-corrected chi connectivity index (χ3v) is 1.79. The number of azide groups is 1. The van der Waals surface area contributed by atoms with Gasteiger partial charge in [-0.15, -0.1) is 0 Å². The molecule has 0 saturated heterocycles. The van der Waals surface area contributed by atoms with Crippen molar-refractivity contribution in [3.05, 3.63) is 40.0 Å². The minimum Gasteiger partial charge on any atom is -0.396 e. The normalized spacial score (nSPS) is 11.8. The fourth-order valence-electron chi connectivity index (χ4n) is 1.12. The lowest BCUT2D eigenvalue weighted by molar-refractivity contribution is 0.267. The highest BCUT2D eigenvalue weighted by atomic mass is 16.3. The molecule has 1 heterocycles. The highest BCUT2D eigenvalue weighted by Crippen LogP contribution is 2.19. The molecule has 1 aromatic rings. The fourth-order valence-corrected chi connectivity index (χ4v) is 1.12.